The number of ether oxygens (including phenoxy) is 1. The SMILES string of the molecule is CN1C(=O)c2ccccc2-n2c(nc3ccccc3c2=O)C12OC2c1ccccc1. The minimum Gasteiger partial charge on any atom is -0.332 e. The van der Waals surface area contributed by atoms with Crippen molar-refractivity contribution in [3.63, 3.8) is 0 Å². The van der Waals surface area contributed by atoms with Crippen LogP contribution in [0.15, 0.2) is 83.7 Å². The molecule has 3 heterocycles. The van der Waals surface area contributed by atoms with Crippen LogP contribution in [0.25, 0.3) is 16.6 Å². The highest BCUT2D eigenvalue weighted by Gasteiger charge is 2.67. The van der Waals surface area contributed by atoms with Crippen molar-refractivity contribution in [2.45, 2.75) is 11.8 Å². The van der Waals surface area contributed by atoms with E-state index in [9.17, 15) is 9.59 Å². The summed E-state index contributed by atoms with van der Waals surface area (Å²) in [4.78, 5) is 33.5. The molecule has 2 unspecified atom stereocenters. The van der Waals surface area contributed by atoms with Gasteiger partial charge in [0, 0.05) is 7.05 Å². The molecule has 1 spiro atoms. The average Bonchev–Trinajstić information content (AvgIpc) is 3.56. The first kappa shape index (κ1) is 17.1. The number of amides is 1. The molecule has 2 atom stereocenters. The summed E-state index contributed by atoms with van der Waals surface area (Å²) in [7, 11) is 1.71. The molecule has 6 heteroatoms. The number of likely N-dealkylation sites (N-methyl/N-ethyl adjacent to an activating group) is 1. The van der Waals surface area contributed by atoms with Crippen molar-refractivity contribution in [1.29, 1.82) is 0 Å². The maximum absolute atomic E-state index is 13.6. The van der Waals surface area contributed by atoms with Gasteiger partial charge in [-0.1, -0.05) is 54.6 Å². The van der Waals surface area contributed by atoms with Crippen LogP contribution in [0.4, 0.5) is 0 Å². The zero-order valence-electron chi connectivity index (χ0n) is 16.1. The Morgan fingerprint density at radius 1 is 0.900 bits per heavy atom. The van der Waals surface area contributed by atoms with E-state index in [4.69, 9.17) is 9.72 Å². The summed E-state index contributed by atoms with van der Waals surface area (Å²) < 4.78 is 7.78. The number of hydrogen-bond donors (Lipinski definition) is 0. The van der Waals surface area contributed by atoms with E-state index < -0.39 is 11.8 Å². The number of carbonyl (C=O) groups is 1. The van der Waals surface area contributed by atoms with Crippen molar-refractivity contribution in [3.8, 4) is 5.69 Å². The highest BCUT2D eigenvalue weighted by molar-refractivity contribution is 5.99. The summed E-state index contributed by atoms with van der Waals surface area (Å²) >= 11 is 0. The Hall–Kier alpha value is -3.77. The van der Waals surface area contributed by atoms with E-state index in [0.717, 1.165) is 5.56 Å². The molecule has 1 amide bonds. The number of para-hydroxylation sites is 2. The number of nitrogens with zero attached hydrogens (tertiary/aromatic N) is 3. The molecule has 0 N–H and O–H groups in total. The van der Waals surface area contributed by atoms with Gasteiger partial charge >= 0.3 is 0 Å². The van der Waals surface area contributed by atoms with E-state index in [-0.39, 0.29) is 11.5 Å². The van der Waals surface area contributed by atoms with Crippen LogP contribution in [0.2, 0.25) is 0 Å². The molecule has 0 bridgehead atoms. The molecule has 1 fully saturated rings. The van der Waals surface area contributed by atoms with Gasteiger partial charge in [0.05, 0.1) is 22.2 Å². The van der Waals surface area contributed by atoms with E-state index in [2.05, 4.69) is 0 Å². The molecule has 6 rings (SSSR count). The topological polar surface area (TPSA) is 67.7 Å². The molecule has 6 nitrogen and oxygen atoms in total. The number of benzene rings is 3. The Labute approximate surface area is 172 Å². The molecule has 146 valence electrons. The Morgan fingerprint density at radius 3 is 2.43 bits per heavy atom. The molecule has 30 heavy (non-hydrogen) atoms. The third-order valence-corrected chi connectivity index (χ3v) is 5.97. The maximum atomic E-state index is 13.6. The van der Waals surface area contributed by atoms with E-state index in [1.165, 1.54) is 0 Å². The predicted molar refractivity (Wildman–Crippen MR) is 111 cm³/mol. The Bertz CT molecular complexity index is 1400. The monoisotopic (exact) mass is 395 g/mol. The van der Waals surface area contributed by atoms with E-state index >= 15 is 0 Å². The van der Waals surface area contributed by atoms with Crippen LogP contribution in [-0.2, 0) is 10.5 Å². The fourth-order valence-corrected chi connectivity index (χ4v) is 4.42. The molecule has 2 aliphatic heterocycles. The molecule has 2 aliphatic rings. The molecular weight excluding hydrogens is 378 g/mol. The lowest BCUT2D eigenvalue weighted by atomic mass is 10.0. The third kappa shape index (κ3) is 2.08. The molecule has 0 radical (unpaired) electrons. The van der Waals surface area contributed by atoms with Crippen LogP contribution in [0, 0.1) is 0 Å². The first-order valence-corrected chi connectivity index (χ1v) is 9.75. The summed E-state index contributed by atoms with van der Waals surface area (Å²) in [6, 6.07) is 24.1. The maximum Gasteiger partial charge on any atom is 0.266 e. The second-order valence-electron chi connectivity index (χ2n) is 7.58. The van der Waals surface area contributed by atoms with Crippen LogP contribution in [-0.4, -0.2) is 27.4 Å². The summed E-state index contributed by atoms with van der Waals surface area (Å²) in [5, 5.41) is 0.500. The standard InChI is InChI=1S/C24H17N3O3/c1-26-21(28)17-12-6-8-14-19(17)27-22(29)16-11-5-7-13-18(16)25-23(27)24(26)20(30-24)15-9-3-2-4-10-15/h2-14,20H,1H3. The zero-order chi connectivity index (χ0) is 20.5. The van der Waals surface area contributed by atoms with Crippen molar-refractivity contribution in [2.75, 3.05) is 7.05 Å². The highest BCUT2D eigenvalue weighted by atomic mass is 16.6. The summed E-state index contributed by atoms with van der Waals surface area (Å²) in [5.74, 6) is 0.207. The Morgan fingerprint density at radius 2 is 1.60 bits per heavy atom. The first-order valence-electron chi connectivity index (χ1n) is 9.75. The van der Waals surface area contributed by atoms with Crippen molar-refractivity contribution < 1.29 is 9.53 Å². The molecular formula is C24H17N3O3. The Balaban J connectivity index is 1.73. The van der Waals surface area contributed by atoms with Crippen molar-refractivity contribution in [2.24, 2.45) is 0 Å². The van der Waals surface area contributed by atoms with Crippen LogP contribution in [0.1, 0.15) is 27.8 Å². The number of hydrogen-bond acceptors (Lipinski definition) is 4. The minimum atomic E-state index is -1.15. The lowest BCUT2D eigenvalue weighted by molar-refractivity contribution is 0.0516. The van der Waals surface area contributed by atoms with Crippen molar-refractivity contribution >= 4 is 16.8 Å². The van der Waals surface area contributed by atoms with E-state index in [1.54, 1.807) is 40.8 Å². The molecule has 1 aromatic heterocycles. The number of fused-ring (bicyclic) bond motifs is 5. The fourth-order valence-electron chi connectivity index (χ4n) is 4.42. The summed E-state index contributed by atoms with van der Waals surface area (Å²) in [6.45, 7) is 0. The number of epoxide rings is 1. The van der Waals surface area contributed by atoms with Gasteiger partial charge in [0.2, 0.25) is 5.72 Å². The van der Waals surface area contributed by atoms with Crippen molar-refractivity contribution in [3.05, 3.63) is 106 Å². The molecule has 3 aromatic carbocycles. The highest BCUT2D eigenvalue weighted by Crippen LogP contribution is 2.59. The molecule has 0 aliphatic carbocycles. The summed E-state index contributed by atoms with van der Waals surface area (Å²) in [5.41, 5.74) is 1.10. The van der Waals surface area contributed by atoms with Crippen LogP contribution in [0.3, 0.4) is 0 Å². The lowest BCUT2D eigenvalue weighted by Gasteiger charge is -2.24. The van der Waals surface area contributed by atoms with Crippen LogP contribution < -0.4 is 5.56 Å². The van der Waals surface area contributed by atoms with Gasteiger partial charge in [-0.3, -0.25) is 14.2 Å². The van der Waals surface area contributed by atoms with Gasteiger partial charge < -0.3 is 9.64 Å². The largest absolute Gasteiger partial charge is 0.332 e. The van der Waals surface area contributed by atoms with Gasteiger partial charge in [0.1, 0.15) is 6.10 Å². The van der Waals surface area contributed by atoms with E-state index in [1.807, 2.05) is 54.6 Å². The van der Waals surface area contributed by atoms with Crippen LogP contribution in [0.5, 0.6) is 0 Å². The number of carbonyl (C=O) groups excluding carboxylic acids is 1. The molecule has 0 saturated carbocycles. The zero-order valence-corrected chi connectivity index (χ0v) is 16.1. The minimum absolute atomic E-state index is 0.210. The molecule has 4 aromatic rings. The van der Waals surface area contributed by atoms with Gasteiger partial charge in [-0.15, -0.1) is 0 Å². The second kappa shape index (κ2) is 5.87. The number of aromatic nitrogens is 2. The smallest absolute Gasteiger partial charge is 0.266 e. The third-order valence-electron chi connectivity index (χ3n) is 5.97. The van der Waals surface area contributed by atoms with Gasteiger partial charge in [0.15, 0.2) is 5.82 Å². The van der Waals surface area contributed by atoms with Gasteiger partial charge in [-0.05, 0) is 29.8 Å². The quantitative estimate of drug-likeness (QED) is 0.463. The second-order valence-corrected chi connectivity index (χ2v) is 7.58. The van der Waals surface area contributed by atoms with Crippen LogP contribution >= 0.6 is 0 Å². The lowest BCUT2D eigenvalue weighted by Crippen LogP contribution is -2.40. The Kier molecular flexibility index (Phi) is 3.35. The fraction of sp³-hybridized carbons (Fsp3) is 0.125. The predicted octanol–water partition coefficient (Wildman–Crippen LogP) is 3.40. The number of rotatable bonds is 1. The van der Waals surface area contributed by atoms with Gasteiger partial charge in [-0.2, -0.15) is 0 Å². The average molecular weight is 395 g/mol. The summed E-state index contributed by atoms with van der Waals surface area (Å²) in [6.07, 6.45) is -0.415. The van der Waals surface area contributed by atoms with Gasteiger partial charge in [-0.25, -0.2) is 4.98 Å². The molecule has 1 saturated heterocycles. The first-order chi connectivity index (χ1) is 14.6. The van der Waals surface area contributed by atoms with Gasteiger partial charge in [0.25, 0.3) is 11.5 Å². The van der Waals surface area contributed by atoms with Crippen molar-refractivity contribution in [1.82, 2.24) is 14.5 Å². The normalized spacial score (nSPS) is 22.0. The van der Waals surface area contributed by atoms with E-state index in [0.29, 0.717) is 28.0 Å².